The molecular formula is C14H13ClN4O2. The molecule has 0 bridgehead atoms. The van der Waals surface area contributed by atoms with E-state index in [1.165, 1.54) is 6.20 Å². The summed E-state index contributed by atoms with van der Waals surface area (Å²) in [7, 11) is 0. The van der Waals surface area contributed by atoms with Crippen LogP contribution in [0, 0.1) is 5.92 Å². The van der Waals surface area contributed by atoms with Gasteiger partial charge in [0.2, 0.25) is 11.8 Å². The number of hydrogen-bond donors (Lipinski definition) is 2. The van der Waals surface area contributed by atoms with Crippen LogP contribution in [0.15, 0.2) is 30.6 Å². The molecule has 7 heteroatoms. The lowest BCUT2D eigenvalue weighted by molar-refractivity contribution is -0.117. The van der Waals surface area contributed by atoms with Gasteiger partial charge in [-0.3, -0.25) is 4.79 Å². The molecule has 1 fully saturated rings. The largest absolute Gasteiger partial charge is 0.437 e. The Morgan fingerprint density at radius 3 is 2.90 bits per heavy atom. The fourth-order valence-corrected chi connectivity index (χ4v) is 1.96. The highest BCUT2D eigenvalue weighted by Gasteiger charge is 2.29. The van der Waals surface area contributed by atoms with Crippen LogP contribution in [0.3, 0.4) is 0 Å². The molecule has 0 unspecified atom stereocenters. The molecule has 0 atom stereocenters. The minimum atomic E-state index is -0.0108. The number of hydrogen-bond acceptors (Lipinski definition) is 5. The molecule has 2 aromatic rings. The zero-order valence-corrected chi connectivity index (χ0v) is 11.8. The molecule has 6 nitrogen and oxygen atoms in total. The lowest BCUT2D eigenvalue weighted by atomic mass is 10.3. The van der Waals surface area contributed by atoms with Gasteiger partial charge in [-0.15, -0.1) is 0 Å². The van der Waals surface area contributed by atoms with Gasteiger partial charge < -0.3 is 15.8 Å². The van der Waals surface area contributed by atoms with Crippen LogP contribution >= 0.6 is 11.6 Å². The van der Waals surface area contributed by atoms with Crippen LogP contribution in [0.2, 0.25) is 5.02 Å². The molecule has 3 N–H and O–H groups in total. The molecule has 0 aromatic carbocycles. The Hall–Kier alpha value is -2.34. The number of ether oxygens (including phenoxy) is 1. The van der Waals surface area contributed by atoms with Gasteiger partial charge in [-0.1, -0.05) is 11.6 Å². The Balaban J connectivity index is 1.74. The van der Waals surface area contributed by atoms with E-state index < -0.39 is 0 Å². The lowest BCUT2D eigenvalue weighted by Gasteiger charge is -2.08. The zero-order valence-electron chi connectivity index (χ0n) is 11.0. The van der Waals surface area contributed by atoms with Gasteiger partial charge in [0.1, 0.15) is 16.6 Å². The van der Waals surface area contributed by atoms with Crippen molar-refractivity contribution in [3.8, 4) is 11.6 Å². The number of anilines is 2. The van der Waals surface area contributed by atoms with Crippen LogP contribution in [0.4, 0.5) is 11.5 Å². The van der Waals surface area contributed by atoms with Crippen LogP contribution in [-0.2, 0) is 4.79 Å². The Kier molecular flexibility index (Phi) is 3.62. The molecule has 108 valence electrons. The van der Waals surface area contributed by atoms with Crippen LogP contribution < -0.4 is 15.8 Å². The van der Waals surface area contributed by atoms with Gasteiger partial charge in [0.15, 0.2) is 0 Å². The fourth-order valence-electron chi connectivity index (χ4n) is 1.74. The van der Waals surface area contributed by atoms with Crippen LogP contribution in [0.25, 0.3) is 0 Å². The smallest absolute Gasteiger partial charge is 0.238 e. The first-order chi connectivity index (χ1) is 10.1. The third-order valence-corrected chi connectivity index (χ3v) is 3.24. The van der Waals surface area contributed by atoms with Crippen molar-refractivity contribution in [2.24, 2.45) is 5.92 Å². The van der Waals surface area contributed by atoms with Crippen LogP contribution in [0.5, 0.6) is 11.6 Å². The number of nitrogens with two attached hydrogens (primary N) is 1. The first-order valence-electron chi connectivity index (χ1n) is 6.47. The van der Waals surface area contributed by atoms with E-state index in [4.69, 9.17) is 22.1 Å². The predicted octanol–water partition coefficient (Wildman–Crippen LogP) is 2.85. The van der Waals surface area contributed by atoms with Crippen molar-refractivity contribution in [1.82, 2.24) is 9.97 Å². The molecule has 1 aliphatic carbocycles. The Labute approximate surface area is 126 Å². The highest BCUT2D eigenvalue weighted by Crippen LogP contribution is 2.31. The molecule has 0 saturated heterocycles. The normalized spacial score (nSPS) is 13.8. The van der Waals surface area contributed by atoms with Crippen molar-refractivity contribution in [3.05, 3.63) is 35.6 Å². The van der Waals surface area contributed by atoms with E-state index >= 15 is 0 Å². The molecule has 3 rings (SSSR count). The van der Waals surface area contributed by atoms with E-state index in [1.54, 1.807) is 24.4 Å². The highest BCUT2D eigenvalue weighted by molar-refractivity contribution is 6.32. The molecule has 1 aliphatic rings. The van der Waals surface area contributed by atoms with Crippen molar-refractivity contribution in [1.29, 1.82) is 0 Å². The standard InChI is InChI=1S/C14H13ClN4O2/c15-11-5-9(16)7-18-14(11)21-10-3-4-17-12(6-10)19-13(20)8-1-2-8/h3-8H,1-2,16H2,(H,17,19,20). The van der Waals surface area contributed by atoms with E-state index in [9.17, 15) is 4.79 Å². The minimum absolute atomic E-state index is 0.0108. The summed E-state index contributed by atoms with van der Waals surface area (Å²) < 4.78 is 5.57. The van der Waals surface area contributed by atoms with Gasteiger partial charge in [0, 0.05) is 18.2 Å². The molecule has 2 heterocycles. The molecule has 0 radical (unpaired) electrons. The third-order valence-electron chi connectivity index (χ3n) is 2.97. The summed E-state index contributed by atoms with van der Waals surface area (Å²) in [5.74, 6) is 1.27. The van der Waals surface area contributed by atoms with Crippen LogP contribution in [0.1, 0.15) is 12.8 Å². The number of pyridine rings is 2. The van der Waals surface area contributed by atoms with Crippen LogP contribution in [-0.4, -0.2) is 15.9 Å². The Morgan fingerprint density at radius 2 is 2.19 bits per heavy atom. The maximum Gasteiger partial charge on any atom is 0.238 e. The molecule has 1 amide bonds. The highest BCUT2D eigenvalue weighted by atomic mass is 35.5. The predicted molar refractivity (Wildman–Crippen MR) is 79.3 cm³/mol. The minimum Gasteiger partial charge on any atom is -0.437 e. The number of carbonyl (C=O) groups is 1. The van der Waals surface area contributed by atoms with E-state index in [0.717, 1.165) is 12.8 Å². The second-order valence-corrected chi connectivity index (χ2v) is 5.21. The Bertz CT molecular complexity index is 688. The molecule has 0 aliphatic heterocycles. The quantitative estimate of drug-likeness (QED) is 0.906. The molecule has 0 spiro atoms. The topological polar surface area (TPSA) is 90.1 Å². The number of nitrogens with zero attached hydrogens (tertiary/aromatic N) is 2. The molecular weight excluding hydrogens is 292 g/mol. The number of nitrogens with one attached hydrogen (secondary N) is 1. The van der Waals surface area contributed by atoms with Gasteiger partial charge in [-0.05, 0) is 25.0 Å². The maximum atomic E-state index is 11.7. The molecule has 21 heavy (non-hydrogen) atoms. The molecule has 2 aromatic heterocycles. The second-order valence-electron chi connectivity index (χ2n) is 4.80. The lowest BCUT2D eigenvalue weighted by Crippen LogP contribution is -2.14. The fraction of sp³-hybridized carbons (Fsp3) is 0.214. The number of nitrogen functional groups attached to an aromatic ring is 1. The number of aromatic nitrogens is 2. The van der Waals surface area contributed by atoms with Crippen molar-refractivity contribution in [2.75, 3.05) is 11.1 Å². The van der Waals surface area contributed by atoms with E-state index in [0.29, 0.717) is 22.3 Å². The zero-order chi connectivity index (χ0) is 14.8. The summed E-state index contributed by atoms with van der Waals surface area (Å²) in [6.07, 6.45) is 4.88. The van der Waals surface area contributed by atoms with Gasteiger partial charge in [0.25, 0.3) is 0 Å². The van der Waals surface area contributed by atoms with Crippen molar-refractivity contribution >= 4 is 29.0 Å². The van der Waals surface area contributed by atoms with E-state index in [2.05, 4.69) is 15.3 Å². The Morgan fingerprint density at radius 1 is 1.38 bits per heavy atom. The second kappa shape index (κ2) is 5.57. The SMILES string of the molecule is Nc1cnc(Oc2ccnc(NC(=O)C3CC3)c2)c(Cl)c1. The monoisotopic (exact) mass is 304 g/mol. The number of amides is 1. The third kappa shape index (κ3) is 3.41. The van der Waals surface area contributed by atoms with Gasteiger partial charge in [-0.2, -0.15) is 0 Å². The summed E-state index contributed by atoms with van der Waals surface area (Å²) in [6.45, 7) is 0. The van der Waals surface area contributed by atoms with Gasteiger partial charge in [0.05, 0.1) is 11.9 Å². The first kappa shape index (κ1) is 13.6. The van der Waals surface area contributed by atoms with Gasteiger partial charge >= 0.3 is 0 Å². The average molecular weight is 305 g/mol. The van der Waals surface area contributed by atoms with Crippen molar-refractivity contribution in [2.45, 2.75) is 12.8 Å². The summed E-state index contributed by atoms with van der Waals surface area (Å²) in [5, 5.41) is 3.07. The van der Waals surface area contributed by atoms with Gasteiger partial charge in [-0.25, -0.2) is 9.97 Å². The summed E-state index contributed by atoms with van der Waals surface area (Å²) in [6, 6.07) is 4.83. The first-order valence-corrected chi connectivity index (χ1v) is 6.85. The number of carbonyl (C=O) groups excluding carboxylic acids is 1. The average Bonchev–Trinajstić information content (AvgIpc) is 3.27. The number of rotatable bonds is 4. The summed E-state index contributed by atoms with van der Waals surface area (Å²) in [4.78, 5) is 19.8. The van der Waals surface area contributed by atoms with E-state index in [-0.39, 0.29) is 17.7 Å². The molecule has 1 saturated carbocycles. The number of halogens is 1. The summed E-state index contributed by atoms with van der Waals surface area (Å²) in [5.41, 5.74) is 6.03. The van der Waals surface area contributed by atoms with Crippen molar-refractivity contribution in [3.63, 3.8) is 0 Å². The maximum absolute atomic E-state index is 11.7. The van der Waals surface area contributed by atoms with E-state index in [1.807, 2.05) is 0 Å². The van der Waals surface area contributed by atoms with Crippen molar-refractivity contribution < 1.29 is 9.53 Å². The summed E-state index contributed by atoms with van der Waals surface area (Å²) >= 11 is 6.00.